The van der Waals surface area contributed by atoms with E-state index in [-0.39, 0.29) is 37.1 Å². The number of aliphatic hydroxyl groups excluding tert-OH is 1. The quantitative estimate of drug-likeness (QED) is 0.277. The molecule has 1 aromatic rings. The zero-order valence-electron chi connectivity index (χ0n) is 34.0. The van der Waals surface area contributed by atoms with Crippen LogP contribution in [0.1, 0.15) is 141 Å². The number of aliphatic hydroxyl groups is 1. The van der Waals surface area contributed by atoms with Crippen LogP contribution in [0, 0.1) is 23.7 Å². The molecule has 58 heavy (non-hydrogen) atoms. The number of carbonyl (C=O) groups excluding carboxylic acids is 4. The maximum absolute atomic E-state index is 15.0. The number of rotatable bonds is 7. The number of hydrogen-bond acceptors (Lipinski definition) is 10. The smallest absolute Gasteiger partial charge is 0.408 e. The summed E-state index contributed by atoms with van der Waals surface area (Å²) >= 11 is 0. The second kappa shape index (κ2) is 16.4. The first-order valence-electron chi connectivity index (χ1n) is 22.0. The fourth-order valence-electron chi connectivity index (χ4n) is 10.9. The van der Waals surface area contributed by atoms with Crippen molar-refractivity contribution in [1.82, 2.24) is 20.3 Å². The third-order valence-electron chi connectivity index (χ3n) is 14.8. The van der Waals surface area contributed by atoms with E-state index in [0.29, 0.717) is 37.3 Å². The van der Waals surface area contributed by atoms with Gasteiger partial charge in [0, 0.05) is 12.0 Å². The summed E-state index contributed by atoms with van der Waals surface area (Å²) in [5.74, 6) is -2.09. The van der Waals surface area contributed by atoms with Gasteiger partial charge in [0.15, 0.2) is 5.90 Å². The van der Waals surface area contributed by atoms with Gasteiger partial charge in [-0.1, -0.05) is 70.1 Å². The van der Waals surface area contributed by atoms with E-state index in [2.05, 4.69) is 15.4 Å². The van der Waals surface area contributed by atoms with Crippen LogP contribution in [0.3, 0.4) is 0 Å². The summed E-state index contributed by atoms with van der Waals surface area (Å²) in [7, 11) is -3.91. The first-order chi connectivity index (χ1) is 27.8. The normalized spacial score (nSPS) is 36.0. The largest absolute Gasteiger partial charge is 0.475 e. The maximum Gasteiger partial charge on any atom is 0.408 e. The van der Waals surface area contributed by atoms with Crippen LogP contribution in [0.15, 0.2) is 29.3 Å². The lowest BCUT2D eigenvalue weighted by Crippen LogP contribution is -2.59. The summed E-state index contributed by atoms with van der Waals surface area (Å²) in [6, 6.07) is 5.41. The van der Waals surface area contributed by atoms with E-state index < -0.39 is 80.4 Å². The Morgan fingerprint density at radius 3 is 2.43 bits per heavy atom. The molecule has 4 aliphatic carbocycles. The van der Waals surface area contributed by atoms with Gasteiger partial charge >= 0.3 is 6.09 Å². The Labute approximate surface area is 342 Å². The second-order valence-electron chi connectivity index (χ2n) is 18.4. The van der Waals surface area contributed by atoms with Gasteiger partial charge < -0.3 is 30.1 Å². The summed E-state index contributed by atoms with van der Waals surface area (Å²) in [5, 5.41) is 17.0. The number of benzene rings is 1. The first kappa shape index (κ1) is 41.0. The Bertz CT molecular complexity index is 1900. The van der Waals surface area contributed by atoms with E-state index in [1.807, 2.05) is 38.1 Å². The molecule has 0 radical (unpaired) electrons. The number of sulfonamides is 1. The molecule has 4 N–H and O–H groups in total. The number of aliphatic imine (C=N–C) groups is 1. The van der Waals surface area contributed by atoms with Crippen molar-refractivity contribution >= 4 is 45.4 Å². The van der Waals surface area contributed by atoms with Crippen LogP contribution in [-0.4, -0.2) is 89.3 Å². The average molecular weight is 824 g/mol. The molecule has 3 aliphatic heterocycles. The number of fused-ring (bicyclic) bond motifs is 5. The number of nitrogens with zero attached hydrogens (tertiary/aromatic N) is 2. The van der Waals surface area contributed by atoms with E-state index in [1.54, 1.807) is 0 Å². The molecular weight excluding hydrogens is 763 g/mol. The lowest BCUT2D eigenvalue weighted by atomic mass is 9.85. The highest BCUT2D eigenvalue weighted by Gasteiger charge is 2.62. The van der Waals surface area contributed by atoms with E-state index in [1.165, 1.54) is 4.90 Å². The van der Waals surface area contributed by atoms with E-state index in [0.717, 1.165) is 82.6 Å². The van der Waals surface area contributed by atoms with Gasteiger partial charge in [0.25, 0.3) is 5.91 Å². The number of amides is 4. The number of alkyl carbamates (subject to hydrolysis) is 1. The molecule has 4 amide bonds. The van der Waals surface area contributed by atoms with Crippen LogP contribution in [0.25, 0.3) is 0 Å². The third kappa shape index (κ3) is 7.98. The van der Waals surface area contributed by atoms with Crippen LogP contribution in [0.2, 0.25) is 0 Å². The number of ether oxygens (including phenoxy) is 2. The zero-order chi connectivity index (χ0) is 40.8. The van der Waals surface area contributed by atoms with Crippen LogP contribution in [0.4, 0.5) is 10.5 Å². The van der Waals surface area contributed by atoms with Gasteiger partial charge in [-0.2, -0.15) is 0 Å². The Balaban J connectivity index is 1.12. The molecule has 9 unspecified atom stereocenters. The Hall–Kier alpha value is -3.72. The van der Waals surface area contributed by atoms with Gasteiger partial charge in [0.05, 0.1) is 29.5 Å². The van der Waals surface area contributed by atoms with Crippen LogP contribution in [0.5, 0.6) is 0 Å². The topological polar surface area (TPSA) is 193 Å². The van der Waals surface area contributed by atoms with Crippen molar-refractivity contribution in [3.05, 3.63) is 29.8 Å². The summed E-state index contributed by atoms with van der Waals surface area (Å²) in [5.41, 5.74) is -0.765. The number of para-hydroxylation sites is 1. The lowest BCUT2D eigenvalue weighted by molar-refractivity contribution is -0.142. The van der Waals surface area contributed by atoms with Gasteiger partial charge in [-0.3, -0.25) is 19.1 Å². The molecule has 15 heteroatoms. The highest BCUT2D eigenvalue weighted by molar-refractivity contribution is 7.90. The molecule has 0 aromatic heterocycles. The van der Waals surface area contributed by atoms with Crippen molar-refractivity contribution in [3.8, 4) is 0 Å². The van der Waals surface area contributed by atoms with Crippen LogP contribution < -0.4 is 15.4 Å². The maximum atomic E-state index is 15.0. The summed E-state index contributed by atoms with van der Waals surface area (Å²) in [6.45, 7) is 3.90. The van der Waals surface area contributed by atoms with Gasteiger partial charge in [0.1, 0.15) is 29.3 Å². The Morgan fingerprint density at radius 1 is 0.983 bits per heavy atom. The molecule has 6 fully saturated rings. The first-order valence-corrected chi connectivity index (χ1v) is 23.6. The van der Waals surface area contributed by atoms with E-state index in [9.17, 15) is 32.7 Å². The van der Waals surface area contributed by atoms with Gasteiger partial charge in [-0.15, -0.1) is 0 Å². The Morgan fingerprint density at radius 2 is 1.71 bits per heavy atom. The minimum atomic E-state index is -3.91. The third-order valence-corrected chi connectivity index (χ3v) is 16.6. The standard InChI is InChI=1S/C43H61N5O9S/c1-3-27-24-43(27,40(52)47-58(54,55)30-17-11-18-30)46-37(50)34-23-29-25-48(34)39(51)35(26-13-7-8-14-26)45-41(53)57-42(2)22-12-16-28(42)15-5-4-6-20-32-36(49)31-19-9-10-21-33(31)44-38(32)56-29/h9-10,19,21,26-30,32,34-36,49H,3-8,11-18,20,22-25H2,1-2H3,(H,45,53)(H,46,50)(H,47,52). The van der Waals surface area contributed by atoms with Crippen molar-refractivity contribution in [2.75, 3.05) is 6.54 Å². The van der Waals surface area contributed by atoms with E-state index in [4.69, 9.17) is 14.5 Å². The fraction of sp³-hybridized carbons (Fsp3) is 0.744. The molecular formula is C43H61N5O9S. The second-order valence-corrected chi connectivity index (χ2v) is 20.4. The SMILES string of the molecule is CCC1CC1(NC(=O)C1CC2CN1C(=O)C(C1CCCC1)NC(=O)OC1(C)CCCC1CCCCCC1C(=Nc3ccccc3C1O)O2)C(=O)NS(=O)(=O)C1CCC1. The monoisotopic (exact) mass is 823 g/mol. The Kier molecular flexibility index (Phi) is 11.6. The highest BCUT2D eigenvalue weighted by atomic mass is 32.2. The predicted octanol–water partition coefficient (Wildman–Crippen LogP) is 5.46. The summed E-state index contributed by atoms with van der Waals surface area (Å²) < 4.78 is 41.3. The molecule has 14 nitrogen and oxygen atoms in total. The van der Waals surface area contributed by atoms with Crippen molar-refractivity contribution in [1.29, 1.82) is 0 Å². The molecule has 318 valence electrons. The molecule has 3 heterocycles. The van der Waals surface area contributed by atoms with Crippen LogP contribution in [-0.2, 0) is 33.9 Å². The number of carbonyl (C=O) groups is 4. The van der Waals surface area contributed by atoms with Gasteiger partial charge in [0.2, 0.25) is 21.8 Å². The molecule has 9 atom stereocenters. The van der Waals surface area contributed by atoms with Crippen LogP contribution >= 0.6 is 0 Å². The predicted molar refractivity (Wildman–Crippen MR) is 215 cm³/mol. The molecule has 4 saturated carbocycles. The summed E-state index contributed by atoms with van der Waals surface area (Å²) in [4.78, 5) is 63.6. The minimum Gasteiger partial charge on any atom is -0.475 e. The molecule has 2 bridgehead atoms. The molecule has 2 saturated heterocycles. The molecule has 0 spiro atoms. The highest BCUT2D eigenvalue weighted by Crippen LogP contribution is 2.47. The van der Waals surface area contributed by atoms with Crippen molar-refractivity contribution in [2.24, 2.45) is 28.7 Å². The lowest BCUT2D eigenvalue weighted by Gasteiger charge is -2.35. The average Bonchev–Trinajstić information content (AvgIpc) is 3.52. The number of hydrogen-bond donors (Lipinski definition) is 4. The molecule has 7 aliphatic rings. The fourth-order valence-corrected chi connectivity index (χ4v) is 12.4. The minimum absolute atomic E-state index is 0.00655. The van der Waals surface area contributed by atoms with Gasteiger partial charge in [-0.05, 0) is 95.0 Å². The van der Waals surface area contributed by atoms with Gasteiger partial charge in [-0.25, -0.2) is 18.2 Å². The van der Waals surface area contributed by atoms with Crippen molar-refractivity contribution in [2.45, 2.75) is 170 Å². The molecule has 8 rings (SSSR count). The van der Waals surface area contributed by atoms with Crippen molar-refractivity contribution in [3.63, 3.8) is 0 Å². The summed E-state index contributed by atoms with van der Waals surface area (Å²) in [6.07, 6.45) is 10.6. The van der Waals surface area contributed by atoms with E-state index >= 15 is 0 Å². The molecule has 1 aromatic carbocycles. The number of nitrogens with one attached hydrogen (secondary N) is 3. The zero-order valence-corrected chi connectivity index (χ0v) is 34.8. The van der Waals surface area contributed by atoms with Crippen molar-refractivity contribution < 1.29 is 42.2 Å².